The third-order valence-corrected chi connectivity index (χ3v) is 7.11. The molecule has 0 bridgehead atoms. The number of thioether (sulfide) groups is 1. The van der Waals surface area contributed by atoms with E-state index in [0.29, 0.717) is 28.4 Å². The topological polar surface area (TPSA) is 78.3 Å². The first kappa shape index (κ1) is 24.1. The number of methoxy groups -OCH3 is 1. The number of nitrogens with one attached hydrogen (secondary N) is 1. The van der Waals surface area contributed by atoms with Crippen molar-refractivity contribution in [2.75, 3.05) is 12.9 Å². The summed E-state index contributed by atoms with van der Waals surface area (Å²) in [5.41, 5.74) is 0.924. The van der Waals surface area contributed by atoms with Crippen LogP contribution in [0.15, 0.2) is 59.8 Å². The fourth-order valence-corrected chi connectivity index (χ4v) is 5.07. The fourth-order valence-electron chi connectivity index (χ4n) is 4.30. The van der Waals surface area contributed by atoms with Crippen molar-refractivity contribution >= 4 is 17.7 Å². The van der Waals surface area contributed by atoms with Crippen molar-refractivity contribution in [2.45, 2.75) is 56.8 Å². The van der Waals surface area contributed by atoms with Crippen molar-refractivity contribution in [3.63, 3.8) is 0 Å². The predicted molar refractivity (Wildman–Crippen MR) is 134 cm³/mol. The van der Waals surface area contributed by atoms with E-state index < -0.39 is 0 Å². The molecule has 3 aromatic rings. The first-order valence-corrected chi connectivity index (χ1v) is 12.8. The highest BCUT2D eigenvalue weighted by Crippen LogP contribution is 2.29. The Kier molecular flexibility index (Phi) is 8.11. The monoisotopic (exact) mass is 480 g/mol. The molecule has 1 N–H and O–H groups in total. The minimum Gasteiger partial charge on any atom is -0.497 e. The van der Waals surface area contributed by atoms with Crippen LogP contribution in [0.3, 0.4) is 0 Å². The summed E-state index contributed by atoms with van der Waals surface area (Å²) in [6.45, 7) is 4.16. The van der Waals surface area contributed by atoms with E-state index in [-0.39, 0.29) is 18.1 Å². The van der Waals surface area contributed by atoms with Gasteiger partial charge in [-0.25, -0.2) is 0 Å². The molecular weight excluding hydrogens is 448 g/mol. The Morgan fingerprint density at radius 2 is 1.88 bits per heavy atom. The number of ether oxygens (including phenoxy) is 2. The molecule has 1 saturated carbocycles. The molecule has 1 aliphatic carbocycles. The molecule has 2 aromatic carbocycles. The lowest BCUT2D eigenvalue weighted by atomic mass is 9.86. The Morgan fingerprint density at radius 1 is 1.12 bits per heavy atom. The molecule has 0 saturated heterocycles. The average Bonchev–Trinajstić information content (AvgIpc) is 3.29. The van der Waals surface area contributed by atoms with Crippen LogP contribution in [-0.4, -0.2) is 39.6 Å². The highest BCUT2D eigenvalue weighted by molar-refractivity contribution is 7.99. The summed E-state index contributed by atoms with van der Waals surface area (Å²) >= 11 is 1.39. The van der Waals surface area contributed by atoms with Crippen molar-refractivity contribution in [1.29, 1.82) is 0 Å². The van der Waals surface area contributed by atoms with Crippen LogP contribution >= 0.6 is 11.8 Å². The Balaban J connectivity index is 1.50. The molecule has 1 heterocycles. The van der Waals surface area contributed by atoms with Crippen LogP contribution in [0.4, 0.5) is 0 Å². The number of aromatic nitrogens is 3. The van der Waals surface area contributed by atoms with Gasteiger partial charge in [-0.2, -0.15) is 0 Å². The highest BCUT2D eigenvalue weighted by Gasteiger charge is 2.24. The molecule has 0 radical (unpaired) electrons. The summed E-state index contributed by atoms with van der Waals surface area (Å²) in [4.78, 5) is 12.7. The number of carbonyl (C=O) groups excluding carboxylic acids is 1. The summed E-state index contributed by atoms with van der Waals surface area (Å²) < 4.78 is 13.4. The van der Waals surface area contributed by atoms with Gasteiger partial charge in [-0.3, -0.25) is 9.36 Å². The minimum atomic E-state index is -0.369. The lowest BCUT2D eigenvalue weighted by Gasteiger charge is -2.29. The van der Waals surface area contributed by atoms with Crippen LogP contribution in [0, 0.1) is 5.92 Å². The van der Waals surface area contributed by atoms with Gasteiger partial charge in [0, 0.05) is 17.8 Å². The molecular formula is C26H32N4O3S. The Hall–Kier alpha value is -3.00. The molecule has 1 aromatic heterocycles. The average molecular weight is 481 g/mol. The van der Waals surface area contributed by atoms with E-state index in [4.69, 9.17) is 9.47 Å². The van der Waals surface area contributed by atoms with Crippen LogP contribution in [0.1, 0.15) is 51.5 Å². The van der Waals surface area contributed by atoms with E-state index in [1.165, 1.54) is 31.0 Å². The number of hydrogen-bond donors (Lipinski definition) is 1. The molecule has 34 heavy (non-hydrogen) atoms. The zero-order valence-corrected chi connectivity index (χ0v) is 20.8. The van der Waals surface area contributed by atoms with Gasteiger partial charge >= 0.3 is 0 Å². The van der Waals surface area contributed by atoms with Crippen molar-refractivity contribution in [3.05, 3.63) is 60.4 Å². The molecule has 3 atom stereocenters. The Bertz CT molecular complexity index is 1090. The largest absolute Gasteiger partial charge is 0.497 e. The molecule has 1 fully saturated rings. The molecule has 4 rings (SSSR count). The summed E-state index contributed by atoms with van der Waals surface area (Å²) in [5, 5.41) is 12.7. The number of hydrogen-bond acceptors (Lipinski definition) is 6. The lowest BCUT2D eigenvalue weighted by Crippen LogP contribution is -2.41. The van der Waals surface area contributed by atoms with Crippen molar-refractivity contribution in [1.82, 2.24) is 20.1 Å². The number of carbonyl (C=O) groups is 1. The third kappa shape index (κ3) is 5.91. The molecule has 1 amide bonds. The van der Waals surface area contributed by atoms with Crippen LogP contribution in [0.5, 0.6) is 11.5 Å². The molecule has 0 aliphatic heterocycles. The number of amides is 1. The van der Waals surface area contributed by atoms with Crippen LogP contribution in [0.2, 0.25) is 0 Å². The zero-order chi connectivity index (χ0) is 23.9. The van der Waals surface area contributed by atoms with Gasteiger partial charge in [-0.05, 0) is 49.9 Å². The van der Waals surface area contributed by atoms with Crippen molar-refractivity contribution in [3.8, 4) is 17.2 Å². The van der Waals surface area contributed by atoms with Gasteiger partial charge in [0.1, 0.15) is 11.5 Å². The SMILES string of the molecule is COc1cccc(OC(C)c2nnc(SCC(=O)NC3CCCCC3C)n2-c2ccccc2)c1. The van der Waals surface area contributed by atoms with Gasteiger partial charge < -0.3 is 14.8 Å². The summed E-state index contributed by atoms with van der Waals surface area (Å²) in [7, 11) is 1.63. The molecule has 3 unspecified atom stereocenters. The normalized spacial score (nSPS) is 18.8. The zero-order valence-electron chi connectivity index (χ0n) is 19.9. The highest BCUT2D eigenvalue weighted by atomic mass is 32.2. The van der Waals surface area contributed by atoms with Gasteiger partial charge in [-0.15, -0.1) is 10.2 Å². The van der Waals surface area contributed by atoms with Gasteiger partial charge in [-0.1, -0.05) is 55.8 Å². The van der Waals surface area contributed by atoms with E-state index in [9.17, 15) is 4.79 Å². The van der Waals surface area contributed by atoms with Gasteiger partial charge in [0.25, 0.3) is 0 Å². The first-order valence-electron chi connectivity index (χ1n) is 11.8. The van der Waals surface area contributed by atoms with E-state index in [1.54, 1.807) is 7.11 Å². The predicted octanol–water partition coefficient (Wildman–Crippen LogP) is 5.20. The van der Waals surface area contributed by atoms with Gasteiger partial charge in [0.05, 0.1) is 12.9 Å². The van der Waals surface area contributed by atoms with E-state index in [2.05, 4.69) is 22.4 Å². The van der Waals surface area contributed by atoms with Crippen molar-refractivity contribution in [2.24, 2.45) is 5.92 Å². The summed E-state index contributed by atoms with van der Waals surface area (Å²) in [6, 6.07) is 17.7. The number of nitrogens with zero attached hydrogens (tertiary/aromatic N) is 3. The van der Waals surface area contributed by atoms with Crippen LogP contribution in [-0.2, 0) is 4.79 Å². The van der Waals surface area contributed by atoms with Gasteiger partial charge in [0.2, 0.25) is 5.91 Å². The second kappa shape index (κ2) is 11.4. The third-order valence-electron chi connectivity index (χ3n) is 6.18. The fraction of sp³-hybridized carbons (Fsp3) is 0.423. The van der Waals surface area contributed by atoms with E-state index in [1.807, 2.05) is 66.1 Å². The lowest BCUT2D eigenvalue weighted by molar-refractivity contribution is -0.119. The molecule has 1 aliphatic rings. The van der Waals surface area contributed by atoms with E-state index >= 15 is 0 Å². The summed E-state index contributed by atoms with van der Waals surface area (Å²) in [6.07, 6.45) is 4.29. The van der Waals surface area contributed by atoms with Gasteiger partial charge in [0.15, 0.2) is 17.1 Å². The maximum absolute atomic E-state index is 12.7. The number of benzene rings is 2. The quantitative estimate of drug-likeness (QED) is 0.424. The number of para-hydroxylation sites is 1. The first-order chi connectivity index (χ1) is 16.5. The maximum atomic E-state index is 12.7. The Labute approximate surface area is 205 Å². The number of rotatable bonds is 9. The molecule has 0 spiro atoms. The minimum absolute atomic E-state index is 0.0357. The van der Waals surface area contributed by atoms with Crippen molar-refractivity contribution < 1.29 is 14.3 Å². The van der Waals surface area contributed by atoms with Crippen LogP contribution in [0.25, 0.3) is 5.69 Å². The molecule has 180 valence electrons. The molecule has 7 nitrogen and oxygen atoms in total. The standard InChI is InChI=1S/C26H32N4O3S/c1-18-10-7-8-15-23(18)27-24(31)17-34-26-29-28-25(30(26)20-11-5-4-6-12-20)19(2)33-22-14-9-13-21(16-22)32-3/h4-6,9,11-14,16,18-19,23H,7-8,10,15,17H2,1-3H3,(H,27,31). The summed E-state index contributed by atoms with van der Waals surface area (Å²) in [5.74, 6) is 2.93. The second-order valence-corrected chi connectivity index (χ2v) is 9.62. The smallest absolute Gasteiger partial charge is 0.230 e. The Morgan fingerprint density at radius 3 is 2.65 bits per heavy atom. The van der Waals surface area contributed by atoms with Crippen LogP contribution < -0.4 is 14.8 Å². The van der Waals surface area contributed by atoms with E-state index in [0.717, 1.165) is 17.9 Å². The maximum Gasteiger partial charge on any atom is 0.230 e. The molecule has 8 heteroatoms. The second-order valence-electron chi connectivity index (χ2n) is 8.68.